The van der Waals surface area contributed by atoms with Crippen LogP contribution >= 0.6 is 15.9 Å². The smallest absolute Gasteiger partial charge is 0.270 e. The summed E-state index contributed by atoms with van der Waals surface area (Å²) in [5.74, 6) is 0. The predicted molar refractivity (Wildman–Crippen MR) is 91.2 cm³/mol. The van der Waals surface area contributed by atoms with Crippen molar-refractivity contribution in [2.24, 2.45) is 0 Å². The third kappa shape index (κ3) is 2.70. The zero-order valence-electron chi connectivity index (χ0n) is 12.1. The van der Waals surface area contributed by atoms with Crippen LogP contribution in [0.1, 0.15) is 5.56 Å². The Kier molecular flexibility index (Phi) is 4.16. The third-order valence-electron chi connectivity index (χ3n) is 3.59. The second-order valence-electron chi connectivity index (χ2n) is 5.03. The Bertz CT molecular complexity index is 1040. The molecule has 0 spiro atoms. The van der Waals surface area contributed by atoms with Crippen LogP contribution in [0.3, 0.4) is 0 Å². The van der Waals surface area contributed by atoms with Crippen LogP contribution in [0.4, 0.5) is 5.69 Å². The van der Waals surface area contributed by atoms with Gasteiger partial charge in [-0.1, -0.05) is 15.9 Å². The highest BCUT2D eigenvalue weighted by Crippen LogP contribution is 2.29. The number of hydrogen-bond donors (Lipinski definition) is 1. The van der Waals surface area contributed by atoms with Crippen molar-refractivity contribution >= 4 is 42.5 Å². The Hall–Kier alpha value is -2.23. The predicted octanol–water partition coefficient (Wildman–Crippen LogP) is 3.04. The number of nitro groups is 1. The van der Waals surface area contributed by atoms with Crippen molar-refractivity contribution in [3.8, 4) is 0 Å². The van der Waals surface area contributed by atoms with Gasteiger partial charge in [0.05, 0.1) is 21.9 Å². The van der Waals surface area contributed by atoms with Crippen LogP contribution in [-0.2, 0) is 16.6 Å². The maximum Gasteiger partial charge on any atom is 0.270 e. The first-order valence-corrected chi connectivity index (χ1v) is 8.98. The number of hydrogen-bond acceptors (Lipinski definition) is 5. The van der Waals surface area contributed by atoms with Gasteiger partial charge in [0.2, 0.25) is 0 Å². The van der Waals surface area contributed by atoms with Gasteiger partial charge in [0.15, 0.2) is 0 Å². The van der Waals surface area contributed by atoms with E-state index in [1.54, 1.807) is 12.1 Å². The molecule has 0 radical (unpaired) electrons. The summed E-state index contributed by atoms with van der Waals surface area (Å²) in [6, 6.07) is 9.98. The molecule has 3 aromatic rings. The Labute approximate surface area is 145 Å². The average molecular weight is 411 g/mol. The molecule has 124 valence electrons. The number of benzene rings is 2. The molecular weight excluding hydrogens is 400 g/mol. The van der Waals surface area contributed by atoms with Gasteiger partial charge in [0, 0.05) is 33.8 Å². The van der Waals surface area contributed by atoms with E-state index in [4.69, 9.17) is 0 Å². The van der Waals surface area contributed by atoms with Gasteiger partial charge in [-0.2, -0.15) is 0 Å². The molecule has 1 N–H and O–H groups in total. The van der Waals surface area contributed by atoms with Crippen molar-refractivity contribution in [2.75, 3.05) is 0 Å². The first-order valence-electron chi connectivity index (χ1n) is 6.75. The quantitative estimate of drug-likeness (QED) is 0.525. The molecule has 0 amide bonds. The molecule has 1 aromatic heterocycles. The van der Waals surface area contributed by atoms with Gasteiger partial charge in [-0.15, -0.1) is 0 Å². The number of fused-ring (bicyclic) bond motifs is 1. The fraction of sp³-hybridized carbons (Fsp3) is 0.0667. The standard InChI is InChI=1S/C15H11BrN2O5S/c16-11-1-4-13(5-2-11)24(22,23)17-8-10(9-19)14-7-12(18(20)21)3-6-15(14)17/h1-8,19H,9H2. The van der Waals surface area contributed by atoms with Crippen LogP contribution in [0.5, 0.6) is 0 Å². The van der Waals surface area contributed by atoms with Gasteiger partial charge in [-0.3, -0.25) is 10.1 Å². The summed E-state index contributed by atoms with van der Waals surface area (Å²) in [6.45, 7) is -0.430. The summed E-state index contributed by atoms with van der Waals surface area (Å²) >= 11 is 3.25. The van der Waals surface area contributed by atoms with E-state index in [-0.39, 0.29) is 16.1 Å². The van der Waals surface area contributed by atoms with Crippen molar-refractivity contribution in [1.82, 2.24) is 3.97 Å². The highest BCUT2D eigenvalue weighted by molar-refractivity contribution is 9.10. The summed E-state index contributed by atoms with van der Waals surface area (Å²) in [6.07, 6.45) is 1.28. The SMILES string of the molecule is O=[N+]([O-])c1ccc2c(c1)c(CO)cn2S(=O)(=O)c1ccc(Br)cc1. The van der Waals surface area contributed by atoms with Crippen LogP contribution in [-0.4, -0.2) is 22.4 Å². The number of nitro benzene ring substituents is 1. The Morgan fingerprint density at radius 1 is 1.17 bits per heavy atom. The van der Waals surface area contributed by atoms with Crippen molar-refractivity contribution in [1.29, 1.82) is 0 Å². The van der Waals surface area contributed by atoms with Crippen LogP contribution in [0, 0.1) is 10.1 Å². The van der Waals surface area contributed by atoms with E-state index in [1.165, 1.54) is 36.5 Å². The molecule has 0 aliphatic heterocycles. The van der Waals surface area contributed by atoms with Gasteiger partial charge in [-0.25, -0.2) is 12.4 Å². The Balaban J connectivity index is 2.26. The number of non-ortho nitro benzene ring substituents is 1. The maximum atomic E-state index is 12.8. The molecular formula is C15H11BrN2O5S. The summed E-state index contributed by atoms with van der Waals surface area (Å²) < 4.78 is 27.4. The molecule has 24 heavy (non-hydrogen) atoms. The van der Waals surface area contributed by atoms with Gasteiger partial charge in [0.25, 0.3) is 15.7 Å². The number of aliphatic hydroxyl groups is 1. The van der Waals surface area contributed by atoms with Crippen molar-refractivity contribution < 1.29 is 18.4 Å². The van der Waals surface area contributed by atoms with Crippen molar-refractivity contribution in [3.05, 3.63) is 68.8 Å². The Morgan fingerprint density at radius 2 is 1.83 bits per heavy atom. The molecule has 2 aromatic carbocycles. The van der Waals surface area contributed by atoms with Crippen LogP contribution in [0.25, 0.3) is 10.9 Å². The van der Waals surface area contributed by atoms with E-state index < -0.39 is 21.6 Å². The number of aliphatic hydroxyl groups excluding tert-OH is 1. The van der Waals surface area contributed by atoms with E-state index in [9.17, 15) is 23.6 Å². The lowest BCUT2D eigenvalue weighted by atomic mass is 10.1. The maximum absolute atomic E-state index is 12.8. The largest absolute Gasteiger partial charge is 0.392 e. The van der Waals surface area contributed by atoms with E-state index in [2.05, 4.69) is 15.9 Å². The van der Waals surface area contributed by atoms with Crippen LogP contribution < -0.4 is 0 Å². The zero-order valence-corrected chi connectivity index (χ0v) is 14.5. The number of nitrogens with zero attached hydrogens (tertiary/aromatic N) is 2. The highest BCUT2D eigenvalue weighted by atomic mass is 79.9. The van der Waals surface area contributed by atoms with E-state index in [0.29, 0.717) is 10.9 Å². The van der Waals surface area contributed by atoms with E-state index in [0.717, 1.165) is 8.45 Å². The lowest BCUT2D eigenvalue weighted by Crippen LogP contribution is -2.11. The van der Waals surface area contributed by atoms with Gasteiger partial charge < -0.3 is 5.11 Å². The van der Waals surface area contributed by atoms with Crippen LogP contribution in [0.15, 0.2) is 58.0 Å². The molecule has 1 heterocycles. The number of aromatic nitrogens is 1. The van der Waals surface area contributed by atoms with E-state index in [1.807, 2.05) is 0 Å². The fourth-order valence-corrected chi connectivity index (χ4v) is 4.07. The van der Waals surface area contributed by atoms with Crippen LogP contribution in [0.2, 0.25) is 0 Å². The Morgan fingerprint density at radius 3 is 2.42 bits per heavy atom. The van der Waals surface area contributed by atoms with E-state index >= 15 is 0 Å². The van der Waals surface area contributed by atoms with Crippen molar-refractivity contribution in [2.45, 2.75) is 11.5 Å². The molecule has 0 saturated heterocycles. The highest BCUT2D eigenvalue weighted by Gasteiger charge is 2.22. The first-order chi connectivity index (χ1) is 11.3. The molecule has 9 heteroatoms. The molecule has 0 fully saturated rings. The molecule has 0 aliphatic rings. The molecule has 0 saturated carbocycles. The third-order valence-corrected chi connectivity index (χ3v) is 5.80. The summed E-state index contributed by atoms with van der Waals surface area (Å²) in [5, 5.41) is 20.7. The molecule has 0 unspecified atom stereocenters. The monoisotopic (exact) mass is 410 g/mol. The second kappa shape index (κ2) is 6.00. The zero-order chi connectivity index (χ0) is 17.5. The molecule has 3 rings (SSSR count). The number of rotatable bonds is 4. The topological polar surface area (TPSA) is 102 Å². The molecule has 0 bridgehead atoms. The summed E-state index contributed by atoms with van der Waals surface area (Å²) in [7, 11) is -3.89. The number of halogens is 1. The summed E-state index contributed by atoms with van der Waals surface area (Å²) in [4.78, 5) is 10.4. The normalized spacial score (nSPS) is 11.8. The lowest BCUT2D eigenvalue weighted by Gasteiger charge is -2.07. The average Bonchev–Trinajstić information content (AvgIpc) is 2.93. The second-order valence-corrected chi connectivity index (χ2v) is 7.76. The minimum absolute atomic E-state index is 0.0745. The molecule has 0 aliphatic carbocycles. The fourth-order valence-electron chi connectivity index (χ4n) is 2.41. The summed E-state index contributed by atoms with van der Waals surface area (Å²) in [5.41, 5.74) is 0.401. The molecule has 0 atom stereocenters. The van der Waals surface area contributed by atoms with Gasteiger partial charge in [0.1, 0.15) is 0 Å². The minimum Gasteiger partial charge on any atom is -0.392 e. The molecule has 7 nitrogen and oxygen atoms in total. The van der Waals surface area contributed by atoms with Gasteiger partial charge >= 0.3 is 0 Å². The minimum atomic E-state index is -3.89. The lowest BCUT2D eigenvalue weighted by molar-refractivity contribution is -0.384. The van der Waals surface area contributed by atoms with Gasteiger partial charge in [-0.05, 0) is 30.3 Å². The van der Waals surface area contributed by atoms with Crippen molar-refractivity contribution in [3.63, 3.8) is 0 Å². The first kappa shape index (κ1) is 16.6.